The minimum atomic E-state index is 0.399. The fourth-order valence-electron chi connectivity index (χ4n) is 2.56. The summed E-state index contributed by atoms with van der Waals surface area (Å²) in [6.45, 7) is 4.69. The summed E-state index contributed by atoms with van der Waals surface area (Å²) in [6, 6.07) is 2.00. The molecule has 0 amide bonds. The standard InChI is InChI=1S/C15H22N6OS2/c1-11-8-13(17-14(16-11)20-6-4-5-7-20)24-9-12-18-21(10-19(2)3)15(23)22-12/h8H,4-7,9-10H2,1-3H3. The van der Waals surface area contributed by atoms with E-state index in [4.69, 9.17) is 16.6 Å². The predicted molar refractivity (Wildman–Crippen MR) is 96.8 cm³/mol. The van der Waals surface area contributed by atoms with Crippen LogP contribution in [0.5, 0.6) is 0 Å². The molecule has 0 saturated carbocycles. The third-order valence-electron chi connectivity index (χ3n) is 3.62. The maximum atomic E-state index is 5.56. The Kier molecular flexibility index (Phi) is 5.52. The van der Waals surface area contributed by atoms with Gasteiger partial charge in [0.25, 0.3) is 4.84 Å². The lowest BCUT2D eigenvalue weighted by Crippen LogP contribution is -2.20. The summed E-state index contributed by atoms with van der Waals surface area (Å²) in [5.41, 5.74) is 0.980. The van der Waals surface area contributed by atoms with Crippen molar-refractivity contribution in [2.75, 3.05) is 32.1 Å². The van der Waals surface area contributed by atoms with E-state index in [9.17, 15) is 0 Å². The van der Waals surface area contributed by atoms with Crippen molar-refractivity contribution in [2.45, 2.75) is 37.2 Å². The van der Waals surface area contributed by atoms with Crippen molar-refractivity contribution in [3.8, 4) is 0 Å². The SMILES string of the molecule is Cc1cc(SCc2nn(CN(C)C)c(=S)o2)nc(N2CCCC2)n1. The fourth-order valence-corrected chi connectivity index (χ4v) is 3.54. The third-order valence-corrected chi connectivity index (χ3v) is 4.81. The van der Waals surface area contributed by atoms with Crippen LogP contribution in [0.2, 0.25) is 0 Å². The van der Waals surface area contributed by atoms with Crippen LogP contribution in [0.25, 0.3) is 0 Å². The van der Waals surface area contributed by atoms with E-state index in [2.05, 4.69) is 20.0 Å². The number of thioether (sulfide) groups is 1. The molecule has 2 aromatic heterocycles. The molecule has 0 radical (unpaired) electrons. The van der Waals surface area contributed by atoms with Crippen molar-refractivity contribution in [3.05, 3.63) is 22.5 Å². The Balaban J connectivity index is 1.69. The van der Waals surface area contributed by atoms with Gasteiger partial charge in [0.1, 0.15) is 5.03 Å². The number of anilines is 1. The molecule has 9 heteroatoms. The summed E-state index contributed by atoms with van der Waals surface area (Å²) < 4.78 is 7.25. The van der Waals surface area contributed by atoms with Gasteiger partial charge < -0.3 is 9.32 Å². The van der Waals surface area contributed by atoms with Gasteiger partial charge in [0.15, 0.2) is 0 Å². The number of hydrogen-bond acceptors (Lipinski definition) is 8. The molecule has 1 saturated heterocycles. The second-order valence-electron chi connectivity index (χ2n) is 6.11. The Morgan fingerprint density at radius 2 is 2.04 bits per heavy atom. The Morgan fingerprint density at radius 3 is 2.75 bits per heavy atom. The summed E-state index contributed by atoms with van der Waals surface area (Å²) >= 11 is 6.80. The van der Waals surface area contributed by atoms with Crippen LogP contribution in [0.4, 0.5) is 5.95 Å². The van der Waals surface area contributed by atoms with E-state index in [-0.39, 0.29) is 0 Å². The number of hydrogen-bond donors (Lipinski definition) is 0. The number of nitrogens with zero attached hydrogens (tertiary/aromatic N) is 6. The van der Waals surface area contributed by atoms with Gasteiger partial charge in [-0.25, -0.2) is 14.6 Å². The van der Waals surface area contributed by atoms with E-state index in [0.29, 0.717) is 23.1 Å². The molecule has 3 rings (SSSR count). The van der Waals surface area contributed by atoms with Crippen molar-refractivity contribution < 1.29 is 4.42 Å². The first-order chi connectivity index (χ1) is 11.5. The van der Waals surface area contributed by atoms with Crippen LogP contribution in [0.1, 0.15) is 24.4 Å². The van der Waals surface area contributed by atoms with Gasteiger partial charge in [-0.15, -0.1) is 5.10 Å². The minimum Gasteiger partial charge on any atom is -0.413 e. The highest BCUT2D eigenvalue weighted by Crippen LogP contribution is 2.24. The monoisotopic (exact) mass is 366 g/mol. The number of rotatable bonds is 6. The highest BCUT2D eigenvalue weighted by Gasteiger charge is 2.16. The number of aryl methyl sites for hydroxylation is 1. The summed E-state index contributed by atoms with van der Waals surface area (Å²) in [7, 11) is 3.93. The molecule has 0 unspecified atom stereocenters. The van der Waals surface area contributed by atoms with Crippen LogP contribution in [0.15, 0.2) is 15.5 Å². The molecule has 0 bridgehead atoms. The quantitative estimate of drug-likeness (QED) is 0.439. The molecule has 0 spiro atoms. The average Bonchev–Trinajstić information content (AvgIpc) is 3.15. The molecule has 0 N–H and O–H groups in total. The summed E-state index contributed by atoms with van der Waals surface area (Å²) in [5, 5.41) is 5.35. The molecule has 24 heavy (non-hydrogen) atoms. The molecule has 0 atom stereocenters. The van der Waals surface area contributed by atoms with Gasteiger partial charge in [-0.3, -0.25) is 4.90 Å². The average molecular weight is 367 g/mol. The highest BCUT2D eigenvalue weighted by atomic mass is 32.2. The van der Waals surface area contributed by atoms with E-state index in [1.54, 1.807) is 16.4 Å². The van der Waals surface area contributed by atoms with Gasteiger partial charge in [0.05, 0.1) is 12.4 Å². The Hall–Kier alpha value is -1.45. The molecule has 130 valence electrons. The fraction of sp³-hybridized carbons (Fsp3) is 0.600. The van der Waals surface area contributed by atoms with E-state index < -0.39 is 0 Å². The van der Waals surface area contributed by atoms with Crippen molar-refractivity contribution in [1.82, 2.24) is 24.6 Å². The van der Waals surface area contributed by atoms with Crippen molar-refractivity contribution in [3.63, 3.8) is 0 Å². The molecule has 2 aromatic rings. The van der Waals surface area contributed by atoms with E-state index >= 15 is 0 Å². The van der Waals surface area contributed by atoms with Crippen LogP contribution >= 0.6 is 24.0 Å². The van der Waals surface area contributed by atoms with Crippen LogP contribution in [-0.4, -0.2) is 51.8 Å². The normalized spacial score (nSPS) is 14.8. The Labute approximate surface area is 151 Å². The van der Waals surface area contributed by atoms with Gasteiger partial charge in [0.2, 0.25) is 11.8 Å². The number of aromatic nitrogens is 4. The largest absolute Gasteiger partial charge is 0.413 e. The first-order valence-electron chi connectivity index (χ1n) is 7.96. The molecular weight excluding hydrogens is 344 g/mol. The van der Waals surface area contributed by atoms with Gasteiger partial charge in [0, 0.05) is 18.8 Å². The van der Waals surface area contributed by atoms with Gasteiger partial charge in [-0.05, 0) is 52.1 Å². The zero-order valence-corrected chi connectivity index (χ0v) is 15.9. The molecule has 7 nitrogen and oxygen atoms in total. The topological polar surface area (TPSA) is 63.2 Å². The molecule has 0 aliphatic carbocycles. The van der Waals surface area contributed by atoms with Crippen molar-refractivity contribution in [2.24, 2.45) is 0 Å². The van der Waals surface area contributed by atoms with Crippen LogP contribution in [0, 0.1) is 11.8 Å². The molecule has 0 aromatic carbocycles. The smallest absolute Gasteiger partial charge is 0.288 e. The van der Waals surface area contributed by atoms with Gasteiger partial charge in [-0.2, -0.15) is 0 Å². The predicted octanol–water partition coefficient (Wildman–Crippen LogP) is 2.72. The van der Waals surface area contributed by atoms with E-state index in [1.165, 1.54) is 12.8 Å². The van der Waals surface area contributed by atoms with Crippen molar-refractivity contribution >= 4 is 29.9 Å². The lowest BCUT2D eigenvalue weighted by atomic mass is 10.4. The van der Waals surface area contributed by atoms with E-state index in [0.717, 1.165) is 29.8 Å². The first kappa shape index (κ1) is 17.4. The van der Waals surface area contributed by atoms with Crippen LogP contribution in [0.3, 0.4) is 0 Å². The summed E-state index contributed by atoms with van der Waals surface area (Å²) in [5.74, 6) is 2.04. The molecule has 1 aliphatic rings. The van der Waals surface area contributed by atoms with E-state index in [1.807, 2.05) is 32.0 Å². The summed E-state index contributed by atoms with van der Waals surface area (Å²) in [4.78, 5) is 13.9. The minimum absolute atomic E-state index is 0.399. The second kappa shape index (κ2) is 7.62. The lowest BCUT2D eigenvalue weighted by Gasteiger charge is -2.16. The van der Waals surface area contributed by atoms with Gasteiger partial charge in [-0.1, -0.05) is 11.8 Å². The van der Waals surface area contributed by atoms with Crippen LogP contribution < -0.4 is 4.90 Å². The lowest BCUT2D eigenvalue weighted by molar-refractivity contribution is 0.298. The summed E-state index contributed by atoms with van der Waals surface area (Å²) in [6.07, 6.45) is 2.42. The molecular formula is C15H22N6OS2. The Bertz CT molecular complexity index is 751. The maximum Gasteiger partial charge on any atom is 0.288 e. The first-order valence-corrected chi connectivity index (χ1v) is 9.35. The van der Waals surface area contributed by atoms with Crippen LogP contribution in [-0.2, 0) is 12.4 Å². The second-order valence-corrected chi connectivity index (χ2v) is 7.46. The van der Waals surface area contributed by atoms with Gasteiger partial charge >= 0.3 is 0 Å². The highest BCUT2D eigenvalue weighted by molar-refractivity contribution is 7.98. The zero-order chi connectivity index (χ0) is 17.1. The molecule has 1 fully saturated rings. The molecule has 1 aliphatic heterocycles. The maximum absolute atomic E-state index is 5.56. The zero-order valence-electron chi connectivity index (χ0n) is 14.2. The molecule has 3 heterocycles. The Morgan fingerprint density at radius 1 is 1.29 bits per heavy atom. The van der Waals surface area contributed by atoms with Crippen molar-refractivity contribution in [1.29, 1.82) is 0 Å². The third kappa shape index (κ3) is 4.34.